The second-order valence-corrected chi connectivity index (χ2v) is 8.90. The number of hydrogen-bond donors (Lipinski definition) is 0. The number of carbonyl (C=O) groups is 2. The van der Waals surface area contributed by atoms with E-state index in [0.717, 1.165) is 12.0 Å². The predicted molar refractivity (Wildman–Crippen MR) is 96.9 cm³/mol. The highest BCUT2D eigenvalue weighted by atomic mass is 32.2. The number of piperazine rings is 1. The molecule has 0 bridgehead atoms. The molecule has 26 heavy (non-hydrogen) atoms. The van der Waals surface area contributed by atoms with Gasteiger partial charge < -0.3 is 9.80 Å². The van der Waals surface area contributed by atoms with Crippen molar-refractivity contribution >= 4 is 22.3 Å². The standard InChI is InChI=1S/C18H25N3O4S/c1-15-3-2-4-17(13-15)26(24,25)21-7-5-16(6-8-21)18(23)20-11-9-19(14-22)10-12-20/h2-4,13-14,16H,5-12H2,1H3. The summed E-state index contributed by atoms with van der Waals surface area (Å²) in [4.78, 5) is 27.2. The van der Waals surface area contributed by atoms with Gasteiger partial charge in [0.05, 0.1) is 4.90 Å². The third-order valence-electron chi connectivity index (χ3n) is 5.21. The summed E-state index contributed by atoms with van der Waals surface area (Å²) in [5, 5.41) is 0. The Kier molecular flexibility index (Phi) is 5.62. The van der Waals surface area contributed by atoms with Crippen LogP contribution in [0.25, 0.3) is 0 Å². The summed E-state index contributed by atoms with van der Waals surface area (Å²) >= 11 is 0. The van der Waals surface area contributed by atoms with Gasteiger partial charge in [0.25, 0.3) is 0 Å². The smallest absolute Gasteiger partial charge is 0.243 e. The second-order valence-electron chi connectivity index (χ2n) is 6.96. The molecule has 0 saturated carbocycles. The van der Waals surface area contributed by atoms with E-state index < -0.39 is 10.0 Å². The van der Waals surface area contributed by atoms with Crippen molar-refractivity contribution in [1.82, 2.24) is 14.1 Å². The van der Waals surface area contributed by atoms with Gasteiger partial charge in [-0.3, -0.25) is 9.59 Å². The van der Waals surface area contributed by atoms with Gasteiger partial charge in [-0.25, -0.2) is 8.42 Å². The molecule has 0 spiro atoms. The van der Waals surface area contributed by atoms with Gasteiger partial charge >= 0.3 is 0 Å². The zero-order chi connectivity index (χ0) is 18.7. The molecule has 1 aromatic carbocycles. The van der Waals surface area contributed by atoms with Gasteiger partial charge in [0.2, 0.25) is 22.3 Å². The second kappa shape index (κ2) is 7.75. The maximum absolute atomic E-state index is 12.8. The van der Waals surface area contributed by atoms with Gasteiger partial charge in [0, 0.05) is 45.2 Å². The van der Waals surface area contributed by atoms with E-state index in [1.54, 1.807) is 28.0 Å². The van der Waals surface area contributed by atoms with Crippen LogP contribution in [0.5, 0.6) is 0 Å². The molecule has 0 N–H and O–H groups in total. The van der Waals surface area contributed by atoms with Crippen LogP contribution in [-0.4, -0.2) is 74.1 Å². The fourth-order valence-corrected chi connectivity index (χ4v) is 5.15. The van der Waals surface area contributed by atoms with Crippen molar-refractivity contribution in [3.63, 3.8) is 0 Å². The number of benzene rings is 1. The first-order chi connectivity index (χ1) is 12.4. The highest BCUT2D eigenvalue weighted by Crippen LogP contribution is 2.25. The van der Waals surface area contributed by atoms with Gasteiger partial charge in [0.15, 0.2) is 0 Å². The number of aryl methyl sites for hydroxylation is 1. The highest BCUT2D eigenvalue weighted by Gasteiger charge is 2.34. The lowest BCUT2D eigenvalue weighted by atomic mass is 9.96. The molecule has 7 nitrogen and oxygen atoms in total. The van der Waals surface area contributed by atoms with Crippen LogP contribution in [0.4, 0.5) is 0 Å². The number of sulfonamides is 1. The zero-order valence-electron chi connectivity index (χ0n) is 15.0. The third-order valence-corrected chi connectivity index (χ3v) is 7.10. The number of carbonyl (C=O) groups excluding carboxylic acids is 2. The lowest BCUT2D eigenvalue weighted by molar-refractivity contribution is -0.140. The number of piperidine rings is 1. The van der Waals surface area contributed by atoms with E-state index in [1.807, 2.05) is 13.0 Å². The van der Waals surface area contributed by atoms with Crippen molar-refractivity contribution < 1.29 is 18.0 Å². The van der Waals surface area contributed by atoms with Crippen molar-refractivity contribution in [2.24, 2.45) is 5.92 Å². The van der Waals surface area contributed by atoms with Crippen LogP contribution in [0, 0.1) is 12.8 Å². The monoisotopic (exact) mass is 379 g/mol. The van der Waals surface area contributed by atoms with Crippen LogP contribution < -0.4 is 0 Å². The topological polar surface area (TPSA) is 78.0 Å². The molecule has 2 amide bonds. The Bertz CT molecular complexity index is 764. The summed E-state index contributed by atoms with van der Waals surface area (Å²) in [7, 11) is -3.51. The maximum atomic E-state index is 12.8. The van der Waals surface area contributed by atoms with Crippen LogP contribution >= 0.6 is 0 Å². The summed E-state index contributed by atoms with van der Waals surface area (Å²) in [5.41, 5.74) is 0.908. The van der Waals surface area contributed by atoms with E-state index in [1.165, 1.54) is 4.31 Å². The molecule has 0 aliphatic carbocycles. The molecule has 0 atom stereocenters. The minimum atomic E-state index is -3.51. The Balaban J connectivity index is 1.59. The van der Waals surface area contributed by atoms with Crippen molar-refractivity contribution in [3.8, 4) is 0 Å². The molecule has 2 aliphatic heterocycles. The molecule has 2 saturated heterocycles. The average Bonchev–Trinajstić information content (AvgIpc) is 2.67. The number of nitrogens with zero attached hydrogens (tertiary/aromatic N) is 3. The molecule has 142 valence electrons. The van der Waals surface area contributed by atoms with Gasteiger partial charge in [0.1, 0.15) is 0 Å². The first kappa shape index (κ1) is 18.8. The molecule has 1 aromatic rings. The minimum absolute atomic E-state index is 0.0863. The van der Waals surface area contributed by atoms with Crippen molar-refractivity contribution in [2.75, 3.05) is 39.3 Å². The van der Waals surface area contributed by atoms with E-state index in [2.05, 4.69) is 0 Å². The summed E-state index contributed by atoms with van der Waals surface area (Å²) in [6.45, 7) is 4.83. The van der Waals surface area contributed by atoms with E-state index in [-0.39, 0.29) is 11.8 Å². The normalized spacial score (nSPS) is 20.2. The molecule has 2 fully saturated rings. The predicted octanol–water partition coefficient (Wildman–Crippen LogP) is 0.696. The third kappa shape index (κ3) is 3.91. The molecular formula is C18H25N3O4S. The van der Waals surface area contributed by atoms with Crippen LogP contribution in [0.2, 0.25) is 0 Å². The summed E-state index contributed by atoms with van der Waals surface area (Å²) < 4.78 is 27.0. The number of amides is 2. The van der Waals surface area contributed by atoms with Crippen molar-refractivity contribution in [1.29, 1.82) is 0 Å². The Morgan fingerprint density at radius 3 is 2.31 bits per heavy atom. The molecule has 2 heterocycles. The quantitative estimate of drug-likeness (QED) is 0.722. The van der Waals surface area contributed by atoms with Crippen molar-refractivity contribution in [3.05, 3.63) is 29.8 Å². The van der Waals surface area contributed by atoms with Crippen molar-refractivity contribution in [2.45, 2.75) is 24.7 Å². The van der Waals surface area contributed by atoms with Crippen LogP contribution in [-0.2, 0) is 19.6 Å². The fourth-order valence-electron chi connectivity index (χ4n) is 3.57. The lowest BCUT2D eigenvalue weighted by Gasteiger charge is -2.37. The lowest BCUT2D eigenvalue weighted by Crippen LogP contribution is -2.51. The highest BCUT2D eigenvalue weighted by molar-refractivity contribution is 7.89. The molecule has 0 unspecified atom stereocenters. The largest absolute Gasteiger partial charge is 0.342 e. The van der Waals surface area contributed by atoms with E-state index in [9.17, 15) is 18.0 Å². The van der Waals surface area contributed by atoms with Gasteiger partial charge in [-0.1, -0.05) is 12.1 Å². The van der Waals surface area contributed by atoms with Crippen LogP contribution in [0.3, 0.4) is 0 Å². The van der Waals surface area contributed by atoms with E-state index in [0.29, 0.717) is 57.0 Å². The maximum Gasteiger partial charge on any atom is 0.243 e. The Morgan fingerprint density at radius 2 is 1.73 bits per heavy atom. The fraction of sp³-hybridized carbons (Fsp3) is 0.556. The molecule has 2 aliphatic rings. The molecule has 0 radical (unpaired) electrons. The summed E-state index contributed by atoms with van der Waals surface area (Å²) in [5.74, 6) is -0.0510. The molecule has 3 rings (SSSR count). The Labute approximate surface area is 154 Å². The van der Waals surface area contributed by atoms with Crippen LogP contribution in [0.1, 0.15) is 18.4 Å². The summed E-state index contributed by atoms with van der Waals surface area (Å²) in [6.07, 6.45) is 1.89. The Morgan fingerprint density at radius 1 is 1.08 bits per heavy atom. The van der Waals surface area contributed by atoms with E-state index >= 15 is 0 Å². The summed E-state index contributed by atoms with van der Waals surface area (Å²) in [6, 6.07) is 6.91. The first-order valence-corrected chi connectivity index (χ1v) is 10.4. The van der Waals surface area contributed by atoms with Gasteiger partial charge in [-0.2, -0.15) is 4.31 Å². The molecule has 8 heteroatoms. The molecule has 0 aromatic heterocycles. The minimum Gasteiger partial charge on any atom is -0.342 e. The SMILES string of the molecule is Cc1cccc(S(=O)(=O)N2CCC(C(=O)N3CCN(C=O)CC3)CC2)c1. The van der Waals surface area contributed by atoms with Gasteiger partial charge in [-0.15, -0.1) is 0 Å². The molecular weight excluding hydrogens is 354 g/mol. The number of rotatable bonds is 4. The van der Waals surface area contributed by atoms with Gasteiger partial charge in [-0.05, 0) is 37.5 Å². The Hall–Kier alpha value is -1.93. The zero-order valence-corrected chi connectivity index (χ0v) is 15.8. The van der Waals surface area contributed by atoms with Crippen LogP contribution in [0.15, 0.2) is 29.2 Å². The first-order valence-electron chi connectivity index (χ1n) is 8.97. The number of hydrogen-bond acceptors (Lipinski definition) is 4. The van der Waals surface area contributed by atoms with E-state index in [4.69, 9.17) is 0 Å². The average molecular weight is 379 g/mol.